The third-order valence-electron chi connectivity index (χ3n) is 4.28. The number of hydrogen-bond donors (Lipinski definition) is 1. The molecule has 0 fully saturated rings. The topological polar surface area (TPSA) is 63.7 Å². The van der Waals surface area contributed by atoms with Gasteiger partial charge in [0.1, 0.15) is 30.5 Å². The molecule has 0 spiro atoms. The number of carbonyl (C=O) groups excluding carboxylic acids is 1. The van der Waals surface area contributed by atoms with E-state index in [0.717, 1.165) is 34.7 Å². The van der Waals surface area contributed by atoms with E-state index in [1.165, 1.54) is 0 Å². The van der Waals surface area contributed by atoms with Gasteiger partial charge in [0.15, 0.2) is 0 Å². The van der Waals surface area contributed by atoms with E-state index in [2.05, 4.69) is 10.4 Å². The van der Waals surface area contributed by atoms with Crippen molar-refractivity contribution < 1.29 is 14.3 Å². The number of carbonyl (C=O) groups is 1. The number of nitrogens with one attached hydrogen (secondary N) is 1. The Morgan fingerprint density at radius 3 is 2.85 bits per heavy atom. The van der Waals surface area contributed by atoms with Crippen molar-refractivity contribution in [2.75, 3.05) is 25.3 Å². The number of aldehydes is 1. The summed E-state index contributed by atoms with van der Waals surface area (Å²) in [5.41, 5.74) is 6.36. The third kappa shape index (κ3) is 4.03. The van der Waals surface area contributed by atoms with E-state index in [4.69, 9.17) is 9.47 Å². The Labute approximate surface area is 153 Å². The fourth-order valence-corrected chi connectivity index (χ4v) is 2.98. The van der Waals surface area contributed by atoms with Gasteiger partial charge in [-0.25, -0.2) is 4.98 Å². The van der Waals surface area contributed by atoms with Crippen LogP contribution in [0.2, 0.25) is 0 Å². The molecule has 2 aromatic rings. The lowest BCUT2D eigenvalue weighted by molar-refractivity contribution is -0.108. The molecule has 2 heterocycles. The van der Waals surface area contributed by atoms with Gasteiger partial charge in [-0.3, -0.25) is 5.01 Å². The molecule has 1 aliphatic rings. The van der Waals surface area contributed by atoms with Gasteiger partial charge in [-0.05, 0) is 48.7 Å². The van der Waals surface area contributed by atoms with Crippen LogP contribution < -0.4 is 15.2 Å². The molecule has 1 aliphatic heterocycles. The summed E-state index contributed by atoms with van der Waals surface area (Å²) in [6.45, 7) is 3.03. The van der Waals surface area contributed by atoms with Crippen LogP contribution in [0.4, 0.5) is 5.82 Å². The Bertz CT molecular complexity index is 777. The number of nitrogens with zero attached hydrogens (tertiary/aromatic N) is 2. The van der Waals surface area contributed by atoms with Crippen molar-refractivity contribution in [2.24, 2.45) is 0 Å². The smallest absolute Gasteiger partial charge is 0.148 e. The molecule has 0 aliphatic carbocycles. The van der Waals surface area contributed by atoms with E-state index in [-0.39, 0.29) is 6.04 Å². The Morgan fingerprint density at radius 2 is 2.12 bits per heavy atom. The average Bonchev–Trinajstić information content (AvgIpc) is 2.99. The number of pyridine rings is 1. The van der Waals surface area contributed by atoms with Crippen LogP contribution in [0, 0.1) is 0 Å². The highest BCUT2D eigenvalue weighted by Gasteiger charge is 2.31. The first kappa shape index (κ1) is 17.9. The predicted octanol–water partition coefficient (Wildman–Crippen LogP) is 2.52. The zero-order chi connectivity index (χ0) is 18.4. The molecule has 136 valence electrons. The monoisotopic (exact) mass is 353 g/mol. The first-order chi connectivity index (χ1) is 12.7. The zero-order valence-corrected chi connectivity index (χ0v) is 15.0. The molecule has 6 nitrogen and oxygen atoms in total. The van der Waals surface area contributed by atoms with Crippen LogP contribution in [0.1, 0.15) is 12.5 Å². The lowest BCUT2D eigenvalue weighted by Gasteiger charge is -2.23. The van der Waals surface area contributed by atoms with Crippen LogP contribution in [0.15, 0.2) is 59.9 Å². The van der Waals surface area contributed by atoms with E-state index < -0.39 is 0 Å². The van der Waals surface area contributed by atoms with Gasteiger partial charge in [-0.15, -0.1) is 0 Å². The molecule has 6 heteroatoms. The van der Waals surface area contributed by atoms with E-state index in [1.54, 1.807) is 18.3 Å². The molecule has 0 bridgehead atoms. The second-order valence-corrected chi connectivity index (χ2v) is 6.07. The fraction of sp³-hybridized carbons (Fsp3) is 0.300. The average molecular weight is 353 g/mol. The minimum atomic E-state index is -0.386. The molecule has 1 N–H and O–H groups in total. The van der Waals surface area contributed by atoms with Gasteiger partial charge in [-0.2, -0.15) is 0 Å². The Morgan fingerprint density at radius 1 is 1.23 bits per heavy atom. The van der Waals surface area contributed by atoms with E-state index >= 15 is 0 Å². The van der Waals surface area contributed by atoms with Crippen molar-refractivity contribution in [3.63, 3.8) is 0 Å². The Kier molecular flexibility index (Phi) is 5.86. The summed E-state index contributed by atoms with van der Waals surface area (Å²) in [5.74, 6) is 1.52. The van der Waals surface area contributed by atoms with Gasteiger partial charge in [0.05, 0.1) is 6.61 Å². The van der Waals surface area contributed by atoms with Gasteiger partial charge >= 0.3 is 0 Å². The molecule has 1 unspecified atom stereocenters. The summed E-state index contributed by atoms with van der Waals surface area (Å²) in [4.78, 5) is 16.1. The van der Waals surface area contributed by atoms with Crippen molar-refractivity contribution in [1.82, 2.24) is 10.4 Å². The van der Waals surface area contributed by atoms with Crippen LogP contribution in [0.5, 0.6) is 5.75 Å². The summed E-state index contributed by atoms with van der Waals surface area (Å²) in [6.07, 6.45) is 3.33. The molecule has 0 amide bonds. The first-order valence-electron chi connectivity index (χ1n) is 8.55. The number of anilines is 1. The highest BCUT2D eigenvalue weighted by Crippen LogP contribution is 2.27. The maximum atomic E-state index is 11.8. The molecular weight excluding hydrogens is 330 g/mol. The number of hydrazine groups is 1. The van der Waals surface area contributed by atoms with E-state index in [9.17, 15) is 4.79 Å². The van der Waals surface area contributed by atoms with Crippen LogP contribution in [0.3, 0.4) is 0 Å². The highest BCUT2D eigenvalue weighted by molar-refractivity contribution is 5.72. The van der Waals surface area contributed by atoms with Gasteiger partial charge < -0.3 is 19.7 Å². The summed E-state index contributed by atoms with van der Waals surface area (Å²) >= 11 is 0. The number of hydrogen-bond acceptors (Lipinski definition) is 6. The molecule has 3 rings (SSSR count). The number of rotatable bonds is 8. The van der Waals surface area contributed by atoms with Gasteiger partial charge in [0.25, 0.3) is 0 Å². The van der Waals surface area contributed by atoms with Crippen LogP contribution in [-0.2, 0) is 16.0 Å². The summed E-state index contributed by atoms with van der Waals surface area (Å²) in [7, 11) is 1.65. The SMILES string of the molecule is COCCOc1cccc(CC2=C(C)NN(c3ccccn3)C2C=O)c1. The second kappa shape index (κ2) is 8.49. The van der Waals surface area contributed by atoms with E-state index in [1.807, 2.05) is 49.4 Å². The van der Waals surface area contributed by atoms with Crippen molar-refractivity contribution >= 4 is 12.1 Å². The first-order valence-corrected chi connectivity index (χ1v) is 8.55. The number of benzene rings is 1. The maximum Gasteiger partial charge on any atom is 0.148 e. The minimum absolute atomic E-state index is 0.386. The van der Waals surface area contributed by atoms with Crippen molar-refractivity contribution in [3.05, 3.63) is 65.5 Å². The van der Waals surface area contributed by atoms with Crippen LogP contribution in [-0.4, -0.2) is 37.6 Å². The summed E-state index contributed by atoms with van der Waals surface area (Å²) in [5, 5.41) is 1.80. The van der Waals surface area contributed by atoms with Gasteiger partial charge in [0, 0.05) is 19.0 Å². The maximum absolute atomic E-state index is 11.8. The van der Waals surface area contributed by atoms with Crippen molar-refractivity contribution in [1.29, 1.82) is 0 Å². The molecular formula is C20H23N3O3. The molecule has 0 saturated carbocycles. The van der Waals surface area contributed by atoms with E-state index in [0.29, 0.717) is 19.6 Å². The van der Waals surface area contributed by atoms with Crippen LogP contribution in [0.25, 0.3) is 0 Å². The lowest BCUT2D eigenvalue weighted by atomic mass is 9.98. The second-order valence-electron chi connectivity index (χ2n) is 6.07. The van der Waals surface area contributed by atoms with Crippen molar-refractivity contribution in [2.45, 2.75) is 19.4 Å². The number of methoxy groups -OCH3 is 1. The quantitative estimate of drug-likeness (QED) is 0.581. The van der Waals surface area contributed by atoms with Gasteiger partial charge in [-0.1, -0.05) is 18.2 Å². The zero-order valence-electron chi connectivity index (χ0n) is 15.0. The number of ether oxygens (including phenoxy) is 2. The normalized spacial score (nSPS) is 16.5. The Hall–Kier alpha value is -2.86. The molecule has 0 saturated heterocycles. The Balaban J connectivity index is 1.75. The van der Waals surface area contributed by atoms with Crippen molar-refractivity contribution in [3.8, 4) is 5.75 Å². The standard InChI is InChI=1S/C20H23N3O3/c1-15-18(13-16-6-5-7-17(12-16)26-11-10-25-2)19(14-24)23(22-15)20-8-3-4-9-21-20/h3-9,12,14,19,22H,10-11,13H2,1-2H3. The summed E-state index contributed by atoms with van der Waals surface area (Å²) < 4.78 is 10.7. The molecule has 1 atom stereocenters. The minimum Gasteiger partial charge on any atom is -0.491 e. The van der Waals surface area contributed by atoms with Gasteiger partial charge in [0.2, 0.25) is 0 Å². The fourth-order valence-electron chi connectivity index (χ4n) is 2.98. The summed E-state index contributed by atoms with van der Waals surface area (Å²) in [6, 6.07) is 13.2. The van der Waals surface area contributed by atoms with Crippen LogP contribution >= 0.6 is 0 Å². The molecule has 1 aromatic carbocycles. The highest BCUT2D eigenvalue weighted by atomic mass is 16.5. The predicted molar refractivity (Wildman–Crippen MR) is 99.9 cm³/mol. The molecule has 26 heavy (non-hydrogen) atoms. The third-order valence-corrected chi connectivity index (χ3v) is 4.28. The molecule has 0 radical (unpaired) electrons. The largest absolute Gasteiger partial charge is 0.491 e. The molecule has 1 aromatic heterocycles. The number of aromatic nitrogens is 1. The number of allylic oxidation sites excluding steroid dienone is 1. The lowest BCUT2D eigenvalue weighted by Crippen LogP contribution is -2.41.